The number of hydrogen-bond acceptors (Lipinski definition) is 3. The summed E-state index contributed by atoms with van der Waals surface area (Å²) in [6, 6.07) is 8.20. The zero-order valence-corrected chi connectivity index (χ0v) is 12.1. The molecule has 1 aromatic carbocycles. The lowest BCUT2D eigenvalue weighted by Crippen LogP contribution is -2.42. The van der Waals surface area contributed by atoms with Crippen molar-refractivity contribution in [1.29, 1.82) is 0 Å². The van der Waals surface area contributed by atoms with Crippen LogP contribution in [0.5, 0.6) is 5.75 Å². The van der Waals surface area contributed by atoms with E-state index in [1.807, 2.05) is 32.2 Å². The van der Waals surface area contributed by atoms with Crippen molar-refractivity contribution in [2.75, 3.05) is 20.8 Å². The standard InChI is InChI=1S/C15H25NO2/c1-6-15(3,18-7-2)14(16-4)12-10-8-9-11-13(12)17-5/h8-11,14,16H,6-7H2,1-5H3. The molecule has 2 atom stereocenters. The van der Waals surface area contributed by atoms with Crippen LogP contribution < -0.4 is 10.1 Å². The predicted octanol–water partition coefficient (Wildman–Crippen LogP) is 3.16. The maximum absolute atomic E-state index is 5.97. The molecule has 0 saturated carbocycles. The van der Waals surface area contributed by atoms with Crippen molar-refractivity contribution in [3.8, 4) is 5.75 Å². The highest BCUT2D eigenvalue weighted by molar-refractivity contribution is 5.37. The Bertz CT molecular complexity index is 367. The highest BCUT2D eigenvalue weighted by Crippen LogP contribution is 2.36. The molecule has 1 rings (SSSR count). The molecule has 3 heteroatoms. The first-order valence-electron chi connectivity index (χ1n) is 6.57. The number of ether oxygens (including phenoxy) is 2. The van der Waals surface area contributed by atoms with E-state index >= 15 is 0 Å². The molecule has 0 aliphatic carbocycles. The van der Waals surface area contributed by atoms with E-state index in [0.717, 1.165) is 17.7 Å². The Morgan fingerprint density at radius 3 is 2.44 bits per heavy atom. The van der Waals surface area contributed by atoms with Crippen molar-refractivity contribution in [3.05, 3.63) is 29.8 Å². The van der Waals surface area contributed by atoms with Crippen molar-refractivity contribution >= 4 is 0 Å². The normalized spacial score (nSPS) is 16.1. The smallest absolute Gasteiger partial charge is 0.123 e. The Morgan fingerprint density at radius 1 is 1.28 bits per heavy atom. The first-order chi connectivity index (χ1) is 8.62. The Hall–Kier alpha value is -1.06. The van der Waals surface area contributed by atoms with Gasteiger partial charge in [-0.3, -0.25) is 0 Å². The van der Waals surface area contributed by atoms with Crippen LogP contribution in [-0.4, -0.2) is 26.4 Å². The van der Waals surface area contributed by atoms with Crippen LogP contribution in [0, 0.1) is 0 Å². The van der Waals surface area contributed by atoms with Crippen molar-refractivity contribution in [2.45, 2.75) is 38.8 Å². The molecule has 3 nitrogen and oxygen atoms in total. The third-order valence-electron chi connectivity index (χ3n) is 3.53. The van der Waals surface area contributed by atoms with Crippen LogP contribution in [0.25, 0.3) is 0 Å². The number of rotatable bonds is 7. The third-order valence-corrected chi connectivity index (χ3v) is 3.53. The fourth-order valence-corrected chi connectivity index (χ4v) is 2.41. The maximum Gasteiger partial charge on any atom is 0.123 e. The topological polar surface area (TPSA) is 30.5 Å². The van der Waals surface area contributed by atoms with E-state index in [4.69, 9.17) is 9.47 Å². The molecule has 102 valence electrons. The van der Waals surface area contributed by atoms with Gasteiger partial charge in [-0.2, -0.15) is 0 Å². The van der Waals surface area contributed by atoms with Crippen LogP contribution in [0.2, 0.25) is 0 Å². The predicted molar refractivity (Wildman–Crippen MR) is 75.1 cm³/mol. The highest BCUT2D eigenvalue weighted by Gasteiger charge is 2.34. The fraction of sp³-hybridized carbons (Fsp3) is 0.600. The first kappa shape index (κ1) is 15.0. The van der Waals surface area contributed by atoms with E-state index in [9.17, 15) is 0 Å². The molecular weight excluding hydrogens is 226 g/mol. The molecule has 1 N–H and O–H groups in total. The Labute approximate surface area is 110 Å². The second-order valence-corrected chi connectivity index (χ2v) is 4.56. The van der Waals surface area contributed by atoms with Gasteiger partial charge < -0.3 is 14.8 Å². The molecule has 1 aromatic rings. The van der Waals surface area contributed by atoms with Crippen LogP contribution >= 0.6 is 0 Å². The van der Waals surface area contributed by atoms with Crippen molar-refractivity contribution in [2.24, 2.45) is 0 Å². The molecule has 18 heavy (non-hydrogen) atoms. The average molecular weight is 251 g/mol. The van der Waals surface area contributed by atoms with Gasteiger partial charge in [0.05, 0.1) is 18.8 Å². The number of methoxy groups -OCH3 is 1. The molecule has 0 aliphatic rings. The lowest BCUT2D eigenvalue weighted by atomic mass is 9.87. The summed E-state index contributed by atoms with van der Waals surface area (Å²) in [5.41, 5.74) is 0.901. The van der Waals surface area contributed by atoms with E-state index in [2.05, 4.69) is 25.2 Å². The lowest BCUT2D eigenvalue weighted by molar-refractivity contribution is -0.0551. The summed E-state index contributed by atoms with van der Waals surface area (Å²) < 4.78 is 11.4. The second-order valence-electron chi connectivity index (χ2n) is 4.56. The lowest BCUT2D eigenvalue weighted by Gasteiger charge is -2.37. The number of nitrogens with one attached hydrogen (secondary N) is 1. The summed E-state index contributed by atoms with van der Waals surface area (Å²) in [5, 5.41) is 3.36. The van der Waals surface area contributed by atoms with E-state index in [1.165, 1.54) is 0 Å². The molecular formula is C15H25NO2. The van der Waals surface area contributed by atoms with E-state index in [0.29, 0.717) is 6.61 Å². The number of para-hydroxylation sites is 1. The molecule has 0 aliphatic heterocycles. The number of hydrogen-bond donors (Lipinski definition) is 1. The molecule has 0 spiro atoms. The van der Waals surface area contributed by atoms with Crippen LogP contribution in [0.3, 0.4) is 0 Å². The van der Waals surface area contributed by atoms with Crippen molar-refractivity contribution < 1.29 is 9.47 Å². The SMILES string of the molecule is CCOC(C)(CC)C(NC)c1ccccc1OC. The summed E-state index contributed by atoms with van der Waals surface area (Å²) in [7, 11) is 3.67. The minimum atomic E-state index is -0.238. The Kier molecular flexibility index (Phi) is 5.63. The third kappa shape index (κ3) is 3.03. The molecule has 0 bridgehead atoms. The minimum absolute atomic E-state index is 0.110. The van der Waals surface area contributed by atoms with E-state index < -0.39 is 0 Å². The van der Waals surface area contributed by atoms with Crippen LogP contribution in [-0.2, 0) is 4.74 Å². The van der Waals surface area contributed by atoms with Crippen LogP contribution in [0.4, 0.5) is 0 Å². The zero-order chi connectivity index (χ0) is 13.6. The zero-order valence-electron chi connectivity index (χ0n) is 12.1. The average Bonchev–Trinajstić information content (AvgIpc) is 2.40. The fourth-order valence-electron chi connectivity index (χ4n) is 2.41. The van der Waals surface area contributed by atoms with E-state index in [-0.39, 0.29) is 11.6 Å². The second kappa shape index (κ2) is 6.76. The summed E-state index contributed by atoms with van der Waals surface area (Å²) >= 11 is 0. The van der Waals surface area contributed by atoms with Gasteiger partial charge in [-0.15, -0.1) is 0 Å². The largest absolute Gasteiger partial charge is 0.496 e. The molecule has 0 aromatic heterocycles. The molecule has 0 amide bonds. The van der Waals surface area contributed by atoms with Gasteiger partial charge in [0.1, 0.15) is 5.75 Å². The van der Waals surface area contributed by atoms with Crippen molar-refractivity contribution in [3.63, 3.8) is 0 Å². The van der Waals surface area contributed by atoms with E-state index in [1.54, 1.807) is 7.11 Å². The van der Waals surface area contributed by atoms with Gasteiger partial charge >= 0.3 is 0 Å². The summed E-state index contributed by atoms with van der Waals surface area (Å²) in [4.78, 5) is 0. The Morgan fingerprint density at radius 2 is 1.94 bits per heavy atom. The van der Waals surface area contributed by atoms with Gasteiger partial charge in [-0.25, -0.2) is 0 Å². The van der Waals surface area contributed by atoms with Crippen LogP contribution in [0.15, 0.2) is 24.3 Å². The quantitative estimate of drug-likeness (QED) is 0.807. The molecule has 0 fully saturated rings. The van der Waals surface area contributed by atoms with Gasteiger partial charge in [0.2, 0.25) is 0 Å². The highest BCUT2D eigenvalue weighted by atomic mass is 16.5. The maximum atomic E-state index is 5.97. The molecule has 2 unspecified atom stereocenters. The molecule has 0 saturated heterocycles. The Balaban J connectivity index is 3.15. The monoisotopic (exact) mass is 251 g/mol. The van der Waals surface area contributed by atoms with Gasteiger partial charge in [0, 0.05) is 12.2 Å². The van der Waals surface area contributed by atoms with Gasteiger partial charge in [-0.1, -0.05) is 25.1 Å². The number of likely N-dealkylation sites (N-methyl/N-ethyl adjacent to an activating group) is 1. The van der Waals surface area contributed by atoms with Gasteiger partial charge in [-0.05, 0) is 33.4 Å². The molecule has 0 heterocycles. The van der Waals surface area contributed by atoms with Gasteiger partial charge in [0.15, 0.2) is 0 Å². The number of benzene rings is 1. The van der Waals surface area contributed by atoms with Crippen molar-refractivity contribution in [1.82, 2.24) is 5.32 Å². The summed E-state index contributed by atoms with van der Waals surface area (Å²) in [6.07, 6.45) is 0.935. The van der Waals surface area contributed by atoms with Crippen LogP contribution in [0.1, 0.15) is 38.8 Å². The van der Waals surface area contributed by atoms with Gasteiger partial charge in [0.25, 0.3) is 0 Å². The summed E-state index contributed by atoms with van der Waals surface area (Å²) in [5.74, 6) is 0.899. The summed E-state index contributed by atoms with van der Waals surface area (Å²) in [6.45, 7) is 7.03. The molecule has 0 radical (unpaired) electrons. The minimum Gasteiger partial charge on any atom is -0.496 e. The first-order valence-corrected chi connectivity index (χ1v) is 6.57.